The third-order valence-corrected chi connectivity index (χ3v) is 4.22. The molecule has 0 fully saturated rings. The van der Waals surface area contributed by atoms with Crippen molar-refractivity contribution in [3.8, 4) is 0 Å². The zero-order valence-electron chi connectivity index (χ0n) is 12.3. The molecule has 1 aromatic heterocycles. The summed E-state index contributed by atoms with van der Waals surface area (Å²) in [6, 6.07) is 6.56. The number of fused-ring (bicyclic) bond motifs is 1. The van der Waals surface area contributed by atoms with E-state index in [1.54, 1.807) is 0 Å². The van der Waals surface area contributed by atoms with Crippen molar-refractivity contribution in [2.45, 2.75) is 46.1 Å². The SMILES string of the molecule is Cc1ccc(C)c(Cn2cc3c(c2)C(=O)CCCC3)c1. The molecular formula is C18H21NO. The molecule has 0 atom stereocenters. The van der Waals surface area contributed by atoms with E-state index in [1.807, 2.05) is 6.20 Å². The molecule has 3 rings (SSSR count). The van der Waals surface area contributed by atoms with E-state index < -0.39 is 0 Å². The number of aryl methyl sites for hydroxylation is 3. The molecule has 1 aliphatic rings. The molecule has 104 valence electrons. The zero-order chi connectivity index (χ0) is 14.1. The fourth-order valence-corrected chi connectivity index (χ4v) is 3.00. The average molecular weight is 267 g/mol. The van der Waals surface area contributed by atoms with Gasteiger partial charge >= 0.3 is 0 Å². The number of aromatic nitrogens is 1. The Hall–Kier alpha value is -1.83. The van der Waals surface area contributed by atoms with Crippen molar-refractivity contribution in [2.75, 3.05) is 0 Å². The van der Waals surface area contributed by atoms with Crippen LogP contribution in [-0.2, 0) is 13.0 Å². The highest BCUT2D eigenvalue weighted by Crippen LogP contribution is 2.22. The first-order valence-electron chi connectivity index (χ1n) is 7.41. The Morgan fingerprint density at radius 3 is 2.75 bits per heavy atom. The Bertz CT molecular complexity index is 651. The maximum absolute atomic E-state index is 12.1. The topological polar surface area (TPSA) is 22.0 Å². The molecule has 2 heteroatoms. The molecule has 0 amide bonds. The largest absolute Gasteiger partial charge is 0.349 e. The summed E-state index contributed by atoms with van der Waals surface area (Å²) < 4.78 is 2.18. The van der Waals surface area contributed by atoms with Gasteiger partial charge in [-0.1, -0.05) is 23.8 Å². The summed E-state index contributed by atoms with van der Waals surface area (Å²) in [5.41, 5.74) is 6.12. The second-order valence-electron chi connectivity index (χ2n) is 5.93. The highest BCUT2D eigenvalue weighted by atomic mass is 16.1. The summed E-state index contributed by atoms with van der Waals surface area (Å²) in [5, 5.41) is 0. The molecule has 0 saturated carbocycles. The first-order valence-corrected chi connectivity index (χ1v) is 7.41. The minimum Gasteiger partial charge on any atom is -0.349 e. The van der Waals surface area contributed by atoms with Crippen molar-refractivity contribution in [1.82, 2.24) is 4.57 Å². The summed E-state index contributed by atoms with van der Waals surface area (Å²) in [7, 11) is 0. The van der Waals surface area contributed by atoms with Gasteiger partial charge in [-0.2, -0.15) is 0 Å². The third kappa shape index (κ3) is 2.55. The van der Waals surface area contributed by atoms with Gasteiger partial charge in [0.1, 0.15) is 0 Å². The van der Waals surface area contributed by atoms with Crippen LogP contribution in [0.1, 0.15) is 51.9 Å². The second-order valence-corrected chi connectivity index (χ2v) is 5.93. The van der Waals surface area contributed by atoms with E-state index in [0.717, 1.165) is 31.4 Å². The van der Waals surface area contributed by atoms with E-state index >= 15 is 0 Å². The van der Waals surface area contributed by atoms with Gasteiger partial charge < -0.3 is 4.57 Å². The van der Waals surface area contributed by atoms with Gasteiger partial charge in [0.05, 0.1) is 0 Å². The molecule has 0 bridgehead atoms. The summed E-state index contributed by atoms with van der Waals surface area (Å²) in [5.74, 6) is 0.317. The Labute approximate surface area is 120 Å². The molecule has 0 unspecified atom stereocenters. The highest BCUT2D eigenvalue weighted by Gasteiger charge is 2.17. The second kappa shape index (κ2) is 5.28. The molecule has 0 radical (unpaired) electrons. The fraction of sp³-hybridized carbons (Fsp3) is 0.389. The zero-order valence-corrected chi connectivity index (χ0v) is 12.3. The number of hydrogen-bond acceptors (Lipinski definition) is 1. The van der Waals surface area contributed by atoms with Gasteiger partial charge in [0.2, 0.25) is 0 Å². The van der Waals surface area contributed by atoms with Crippen molar-refractivity contribution >= 4 is 5.78 Å². The molecule has 20 heavy (non-hydrogen) atoms. The number of hydrogen-bond donors (Lipinski definition) is 0. The molecule has 1 aromatic carbocycles. The molecule has 0 spiro atoms. The lowest BCUT2D eigenvalue weighted by Gasteiger charge is -2.08. The van der Waals surface area contributed by atoms with Crippen LogP contribution in [0.4, 0.5) is 0 Å². The van der Waals surface area contributed by atoms with Crippen LogP contribution in [0.25, 0.3) is 0 Å². The van der Waals surface area contributed by atoms with Crippen molar-refractivity contribution in [1.29, 1.82) is 0 Å². The molecular weight excluding hydrogens is 246 g/mol. The molecule has 0 saturated heterocycles. The Balaban J connectivity index is 1.90. The Morgan fingerprint density at radius 2 is 1.90 bits per heavy atom. The van der Waals surface area contributed by atoms with E-state index in [-0.39, 0.29) is 0 Å². The monoisotopic (exact) mass is 267 g/mol. The maximum Gasteiger partial charge on any atom is 0.164 e. The lowest BCUT2D eigenvalue weighted by Crippen LogP contribution is -2.00. The summed E-state index contributed by atoms with van der Waals surface area (Å²) in [4.78, 5) is 12.1. The molecule has 2 nitrogen and oxygen atoms in total. The number of carbonyl (C=O) groups excluding carboxylic acids is 1. The molecule has 0 aliphatic heterocycles. The van der Waals surface area contributed by atoms with Gasteiger partial charge in [0, 0.05) is 30.9 Å². The lowest BCUT2D eigenvalue weighted by atomic mass is 10.1. The van der Waals surface area contributed by atoms with E-state index in [9.17, 15) is 4.79 Å². The first kappa shape index (κ1) is 13.2. The van der Waals surface area contributed by atoms with Crippen LogP contribution in [0.2, 0.25) is 0 Å². The fourth-order valence-electron chi connectivity index (χ4n) is 3.00. The average Bonchev–Trinajstić information content (AvgIpc) is 2.74. The smallest absolute Gasteiger partial charge is 0.164 e. The van der Waals surface area contributed by atoms with Gasteiger partial charge in [0.25, 0.3) is 0 Å². The highest BCUT2D eigenvalue weighted by molar-refractivity contribution is 5.97. The van der Waals surface area contributed by atoms with Crippen LogP contribution in [0.15, 0.2) is 30.6 Å². The van der Waals surface area contributed by atoms with E-state index in [0.29, 0.717) is 12.2 Å². The van der Waals surface area contributed by atoms with Crippen LogP contribution in [0, 0.1) is 13.8 Å². The summed E-state index contributed by atoms with van der Waals surface area (Å²) in [6.45, 7) is 5.12. The van der Waals surface area contributed by atoms with Crippen LogP contribution in [0.3, 0.4) is 0 Å². The summed E-state index contributed by atoms with van der Waals surface area (Å²) in [6.07, 6.45) is 8.13. The third-order valence-electron chi connectivity index (χ3n) is 4.22. The van der Waals surface area contributed by atoms with Crippen LogP contribution in [-0.4, -0.2) is 10.4 Å². The van der Waals surface area contributed by atoms with E-state index in [4.69, 9.17) is 0 Å². The van der Waals surface area contributed by atoms with Gasteiger partial charge in [-0.3, -0.25) is 4.79 Å². The number of carbonyl (C=O) groups is 1. The van der Waals surface area contributed by atoms with Crippen molar-refractivity contribution < 1.29 is 4.79 Å². The first-order chi connectivity index (χ1) is 9.63. The normalized spacial score (nSPS) is 15.0. The number of benzene rings is 1. The predicted molar refractivity (Wildman–Crippen MR) is 81.3 cm³/mol. The van der Waals surface area contributed by atoms with Crippen molar-refractivity contribution in [2.24, 2.45) is 0 Å². The van der Waals surface area contributed by atoms with Gasteiger partial charge in [-0.05, 0) is 49.8 Å². The minimum absolute atomic E-state index is 0.317. The van der Waals surface area contributed by atoms with Gasteiger partial charge in [-0.25, -0.2) is 0 Å². The molecule has 1 aliphatic carbocycles. The lowest BCUT2D eigenvalue weighted by molar-refractivity contribution is 0.0982. The Kier molecular flexibility index (Phi) is 3.47. The van der Waals surface area contributed by atoms with Gasteiger partial charge in [0.15, 0.2) is 5.78 Å². The summed E-state index contributed by atoms with van der Waals surface area (Å²) >= 11 is 0. The van der Waals surface area contributed by atoms with Crippen molar-refractivity contribution in [3.05, 3.63) is 58.4 Å². The molecule has 0 N–H and O–H groups in total. The predicted octanol–water partition coefficient (Wildman–Crippen LogP) is 4.06. The number of ketones is 1. The van der Waals surface area contributed by atoms with E-state index in [1.165, 1.54) is 22.3 Å². The maximum atomic E-state index is 12.1. The van der Waals surface area contributed by atoms with Gasteiger partial charge in [-0.15, -0.1) is 0 Å². The van der Waals surface area contributed by atoms with Crippen molar-refractivity contribution in [3.63, 3.8) is 0 Å². The standard InChI is InChI=1S/C18H21NO/c1-13-7-8-14(2)16(9-13)11-19-10-15-5-3-4-6-18(20)17(15)12-19/h7-10,12H,3-6,11H2,1-2H3. The minimum atomic E-state index is 0.317. The Morgan fingerprint density at radius 1 is 1.10 bits per heavy atom. The van der Waals surface area contributed by atoms with Crippen LogP contribution in [0.5, 0.6) is 0 Å². The van der Waals surface area contributed by atoms with E-state index in [2.05, 4.69) is 42.8 Å². The number of nitrogens with zero attached hydrogens (tertiary/aromatic N) is 1. The van der Waals surface area contributed by atoms with Crippen LogP contribution < -0.4 is 0 Å². The van der Waals surface area contributed by atoms with Crippen LogP contribution >= 0.6 is 0 Å². The quantitative estimate of drug-likeness (QED) is 0.752. The number of rotatable bonds is 2. The number of Topliss-reactive ketones (excluding diaryl/α,β-unsaturated/α-hetero) is 1. The molecule has 1 heterocycles. The molecule has 2 aromatic rings.